The molecule has 0 saturated carbocycles. The van der Waals surface area contributed by atoms with Crippen LogP contribution in [0.1, 0.15) is 5.56 Å². The minimum Gasteiger partial charge on any atom is -0.290 e. The summed E-state index contributed by atoms with van der Waals surface area (Å²) in [6, 6.07) is 8.60. The summed E-state index contributed by atoms with van der Waals surface area (Å²) < 4.78 is 0. The quantitative estimate of drug-likeness (QED) is 0.556. The molecule has 84 valence electrons. The molecule has 0 aliphatic carbocycles. The number of nitrogens with zero attached hydrogens (tertiary/aromatic N) is 2. The van der Waals surface area contributed by atoms with E-state index in [2.05, 4.69) is 0 Å². The molecule has 1 aromatic carbocycles. The lowest BCUT2D eigenvalue weighted by Crippen LogP contribution is -2.28. The van der Waals surface area contributed by atoms with Gasteiger partial charge in [0.25, 0.3) is 6.04 Å². The summed E-state index contributed by atoms with van der Waals surface area (Å²) in [5, 5.41) is 10.6. The van der Waals surface area contributed by atoms with Crippen molar-refractivity contribution in [1.29, 1.82) is 0 Å². The second kappa shape index (κ2) is 4.40. The van der Waals surface area contributed by atoms with Gasteiger partial charge in [0.2, 0.25) is 5.78 Å². The Morgan fingerprint density at radius 3 is 2.62 bits per heavy atom. The highest BCUT2D eigenvalue weighted by Gasteiger charge is 2.39. The van der Waals surface area contributed by atoms with E-state index >= 15 is 0 Å². The smallest absolute Gasteiger partial charge is 0.284 e. The molecular formula is C11H12N2O3. The molecule has 5 nitrogen and oxygen atoms in total. The van der Waals surface area contributed by atoms with Gasteiger partial charge in [0.15, 0.2) is 0 Å². The molecule has 1 unspecified atom stereocenters. The van der Waals surface area contributed by atoms with Gasteiger partial charge >= 0.3 is 0 Å². The van der Waals surface area contributed by atoms with E-state index < -0.39 is 11.0 Å². The van der Waals surface area contributed by atoms with Gasteiger partial charge in [-0.1, -0.05) is 30.3 Å². The highest BCUT2D eigenvalue weighted by molar-refractivity contribution is 5.87. The van der Waals surface area contributed by atoms with Gasteiger partial charge in [0.05, 0.1) is 13.1 Å². The Balaban J connectivity index is 1.99. The maximum absolute atomic E-state index is 11.3. The maximum Gasteiger partial charge on any atom is 0.284 e. The Morgan fingerprint density at radius 1 is 1.38 bits per heavy atom. The first kappa shape index (κ1) is 10.8. The Morgan fingerprint density at radius 2 is 2.06 bits per heavy atom. The van der Waals surface area contributed by atoms with Crippen molar-refractivity contribution in [3.63, 3.8) is 0 Å². The van der Waals surface area contributed by atoms with Crippen LogP contribution in [0.2, 0.25) is 0 Å². The Kier molecular flexibility index (Phi) is 2.96. The van der Waals surface area contributed by atoms with Gasteiger partial charge in [-0.25, -0.2) is 0 Å². The minimum absolute atomic E-state index is 0.181. The van der Waals surface area contributed by atoms with Crippen molar-refractivity contribution in [2.75, 3.05) is 13.1 Å². The molecule has 1 aliphatic heterocycles. The molecule has 0 amide bonds. The first-order valence-electron chi connectivity index (χ1n) is 5.09. The van der Waals surface area contributed by atoms with E-state index in [9.17, 15) is 14.9 Å². The fourth-order valence-corrected chi connectivity index (χ4v) is 1.88. The number of carbonyl (C=O) groups excluding carboxylic acids is 1. The number of likely N-dealkylation sites (tertiary alicyclic amines) is 1. The van der Waals surface area contributed by atoms with E-state index in [0.717, 1.165) is 5.56 Å². The van der Waals surface area contributed by atoms with Crippen molar-refractivity contribution in [2.24, 2.45) is 0 Å². The standard InChI is InChI=1S/C11H12N2O3/c14-11-8-12(7-10(11)13(15)16)6-9-4-2-1-3-5-9/h1-5,10H,6-8H2. The van der Waals surface area contributed by atoms with E-state index in [4.69, 9.17) is 0 Å². The lowest BCUT2D eigenvalue weighted by molar-refractivity contribution is -0.504. The molecule has 1 saturated heterocycles. The lowest BCUT2D eigenvalue weighted by atomic mass is 10.2. The van der Waals surface area contributed by atoms with Crippen molar-refractivity contribution in [3.05, 3.63) is 46.0 Å². The molecule has 2 rings (SSSR count). The van der Waals surface area contributed by atoms with Crippen LogP contribution in [0.25, 0.3) is 0 Å². The van der Waals surface area contributed by atoms with Crippen LogP contribution in [-0.2, 0) is 11.3 Å². The number of hydrogen-bond donors (Lipinski definition) is 0. The summed E-state index contributed by atoms with van der Waals surface area (Å²) in [5.74, 6) is -0.291. The van der Waals surface area contributed by atoms with Gasteiger partial charge in [-0.2, -0.15) is 0 Å². The molecule has 0 spiro atoms. The zero-order valence-electron chi connectivity index (χ0n) is 8.70. The molecule has 0 radical (unpaired) electrons. The maximum atomic E-state index is 11.3. The molecule has 0 N–H and O–H groups in total. The molecule has 1 fully saturated rings. The van der Waals surface area contributed by atoms with E-state index in [1.165, 1.54) is 0 Å². The molecule has 1 heterocycles. The van der Waals surface area contributed by atoms with Gasteiger partial charge in [0, 0.05) is 11.5 Å². The van der Waals surface area contributed by atoms with Crippen LogP contribution in [0.4, 0.5) is 0 Å². The molecular weight excluding hydrogens is 208 g/mol. The summed E-state index contributed by atoms with van der Waals surface area (Å²) >= 11 is 0. The average molecular weight is 220 g/mol. The summed E-state index contributed by atoms with van der Waals surface area (Å²) in [7, 11) is 0. The molecule has 0 bridgehead atoms. The fourth-order valence-electron chi connectivity index (χ4n) is 1.88. The van der Waals surface area contributed by atoms with E-state index in [1.54, 1.807) is 0 Å². The predicted molar refractivity (Wildman–Crippen MR) is 57.5 cm³/mol. The van der Waals surface area contributed by atoms with Gasteiger partial charge in [-0.05, 0) is 5.56 Å². The zero-order valence-corrected chi connectivity index (χ0v) is 8.70. The molecule has 5 heteroatoms. The third kappa shape index (κ3) is 2.25. The number of ketones is 1. The van der Waals surface area contributed by atoms with E-state index in [1.807, 2.05) is 35.2 Å². The topological polar surface area (TPSA) is 63.5 Å². The summed E-state index contributed by atoms with van der Waals surface area (Å²) in [5.41, 5.74) is 1.07. The van der Waals surface area contributed by atoms with Crippen molar-refractivity contribution in [1.82, 2.24) is 4.90 Å². The second-order valence-electron chi connectivity index (χ2n) is 3.92. The van der Waals surface area contributed by atoms with Gasteiger partial charge in [0.1, 0.15) is 0 Å². The third-order valence-corrected chi connectivity index (χ3v) is 2.69. The summed E-state index contributed by atoms with van der Waals surface area (Å²) in [6.07, 6.45) is 0. The van der Waals surface area contributed by atoms with Crippen molar-refractivity contribution in [2.45, 2.75) is 12.6 Å². The number of hydrogen-bond acceptors (Lipinski definition) is 4. The molecule has 0 aromatic heterocycles. The van der Waals surface area contributed by atoms with Gasteiger partial charge in [-0.3, -0.25) is 19.8 Å². The molecule has 1 aromatic rings. The van der Waals surface area contributed by atoms with Crippen molar-refractivity contribution in [3.8, 4) is 0 Å². The minimum atomic E-state index is -1.04. The van der Waals surface area contributed by atoms with Crippen molar-refractivity contribution < 1.29 is 9.72 Å². The number of nitro groups is 1. The normalized spacial score (nSPS) is 21.2. The summed E-state index contributed by atoms with van der Waals surface area (Å²) in [6.45, 7) is 0.998. The Bertz CT molecular complexity index is 405. The third-order valence-electron chi connectivity index (χ3n) is 2.69. The summed E-state index contributed by atoms with van der Waals surface area (Å²) in [4.78, 5) is 23.2. The number of Topliss-reactive ketones (excluding diaryl/α,β-unsaturated/α-hetero) is 1. The van der Waals surface area contributed by atoms with Crippen LogP contribution in [0.15, 0.2) is 30.3 Å². The Hall–Kier alpha value is -1.75. The van der Waals surface area contributed by atoms with E-state index in [0.29, 0.717) is 6.54 Å². The fraction of sp³-hybridized carbons (Fsp3) is 0.364. The number of benzene rings is 1. The highest BCUT2D eigenvalue weighted by Crippen LogP contribution is 2.12. The van der Waals surface area contributed by atoms with Crippen LogP contribution in [-0.4, -0.2) is 34.7 Å². The first-order chi connectivity index (χ1) is 7.66. The molecule has 16 heavy (non-hydrogen) atoms. The number of rotatable bonds is 3. The van der Waals surface area contributed by atoms with Gasteiger partial charge in [-0.15, -0.1) is 0 Å². The van der Waals surface area contributed by atoms with Crippen LogP contribution >= 0.6 is 0 Å². The molecule has 1 atom stereocenters. The molecule has 1 aliphatic rings. The first-order valence-corrected chi connectivity index (χ1v) is 5.09. The van der Waals surface area contributed by atoms with Crippen molar-refractivity contribution >= 4 is 5.78 Å². The van der Waals surface area contributed by atoms with Crippen LogP contribution in [0, 0.1) is 10.1 Å². The monoisotopic (exact) mass is 220 g/mol. The van der Waals surface area contributed by atoms with Crippen LogP contribution in [0.3, 0.4) is 0 Å². The van der Waals surface area contributed by atoms with Crippen LogP contribution < -0.4 is 0 Å². The second-order valence-corrected chi connectivity index (χ2v) is 3.92. The van der Waals surface area contributed by atoms with E-state index in [-0.39, 0.29) is 18.9 Å². The lowest BCUT2D eigenvalue weighted by Gasteiger charge is -2.12. The SMILES string of the molecule is O=C1CN(Cc2ccccc2)CC1[N+](=O)[O-]. The average Bonchev–Trinajstić information content (AvgIpc) is 2.61. The van der Waals surface area contributed by atoms with Crippen LogP contribution in [0.5, 0.6) is 0 Å². The van der Waals surface area contributed by atoms with Gasteiger partial charge < -0.3 is 0 Å². The predicted octanol–water partition coefficient (Wildman–Crippen LogP) is 0.717. The highest BCUT2D eigenvalue weighted by atomic mass is 16.6. The Labute approximate surface area is 92.8 Å². The zero-order chi connectivity index (χ0) is 11.5. The largest absolute Gasteiger partial charge is 0.290 e. The number of carbonyl (C=O) groups is 1.